The van der Waals surface area contributed by atoms with E-state index < -0.39 is 11.7 Å². The normalized spacial score (nSPS) is 10.7. The second-order valence-electron chi connectivity index (χ2n) is 5.72. The zero-order chi connectivity index (χ0) is 16.9. The van der Waals surface area contributed by atoms with Crippen molar-refractivity contribution in [2.45, 2.75) is 19.8 Å². The summed E-state index contributed by atoms with van der Waals surface area (Å²) < 4.78 is 0. The van der Waals surface area contributed by atoms with E-state index in [0.29, 0.717) is 18.5 Å². The number of carbonyl (C=O) groups excluding carboxylic acids is 2. The fraction of sp³-hybridized carbons (Fsp3) is 0.200. The molecule has 3 aromatic rings. The van der Waals surface area contributed by atoms with Gasteiger partial charge in [-0.25, -0.2) is 0 Å². The molecule has 2 aromatic carbocycles. The highest BCUT2D eigenvalue weighted by atomic mass is 16.2. The molecule has 0 aliphatic heterocycles. The predicted molar refractivity (Wildman–Crippen MR) is 95.2 cm³/mol. The van der Waals surface area contributed by atoms with Crippen molar-refractivity contribution in [2.24, 2.45) is 0 Å². The van der Waals surface area contributed by atoms with Gasteiger partial charge in [0.05, 0.1) is 5.56 Å². The number of fused-ring (bicyclic) bond motifs is 1. The van der Waals surface area contributed by atoms with Gasteiger partial charge in [-0.15, -0.1) is 0 Å². The van der Waals surface area contributed by atoms with E-state index in [4.69, 9.17) is 0 Å². The third-order valence-electron chi connectivity index (χ3n) is 4.18. The summed E-state index contributed by atoms with van der Waals surface area (Å²) >= 11 is 0. The third-order valence-corrected chi connectivity index (χ3v) is 4.18. The van der Waals surface area contributed by atoms with Crippen molar-refractivity contribution in [3.63, 3.8) is 0 Å². The van der Waals surface area contributed by atoms with Gasteiger partial charge in [-0.05, 0) is 24.0 Å². The molecule has 0 aliphatic carbocycles. The second-order valence-corrected chi connectivity index (χ2v) is 5.72. The number of ketones is 1. The monoisotopic (exact) mass is 320 g/mol. The molecule has 0 bridgehead atoms. The number of hydrogen-bond donors (Lipinski definition) is 2. The number of benzene rings is 2. The summed E-state index contributed by atoms with van der Waals surface area (Å²) in [5.41, 5.74) is 3.62. The smallest absolute Gasteiger partial charge is 0.292 e. The summed E-state index contributed by atoms with van der Waals surface area (Å²) in [7, 11) is 0. The van der Waals surface area contributed by atoms with Crippen molar-refractivity contribution in [3.8, 4) is 0 Å². The molecule has 0 radical (unpaired) electrons. The lowest BCUT2D eigenvalue weighted by molar-refractivity contribution is -0.116. The zero-order valence-corrected chi connectivity index (χ0v) is 13.6. The van der Waals surface area contributed by atoms with E-state index in [1.807, 2.05) is 48.5 Å². The van der Waals surface area contributed by atoms with Crippen LogP contribution >= 0.6 is 0 Å². The van der Waals surface area contributed by atoms with Gasteiger partial charge >= 0.3 is 0 Å². The van der Waals surface area contributed by atoms with Gasteiger partial charge in [-0.3, -0.25) is 9.59 Å². The molecule has 1 heterocycles. The minimum absolute atomic E-state index is 0.428. The fourth-order valence-electron chi connectivity index (χ4n) is 2.87. The molecule has 0 aliphatic rings. The first-order valence-corrected chi connectivity index (χ1v) is 8.16. The van der Waals surface area contributed by atoms with Gasteiger partial charge in [-0.2, -0.15) is 0 Å². The predicted octanol–water partition coefficient (Wildman–Crippen LogP) is 3.27. The number of H-pyrrole nitrogens is 1. The molecule has 0 spiro atoms. The standard InChI is InChI=1S/C20H20N2O2/c1-2-15-9-6-10-16-17(13-22-18(15)16)19(23)20(24)21-12-11-14-7-4-3-5-8-14/h3-10,13,22H,2,11-12H2,1H3,(H,21,24). The van der Waals surface area contributed by atoms with Crippen molar-refractivity contribution in [3.05, 3.63) is 71.4 Å². The topological polar surface area (TPSA) is 62.0 Å². The Kier molecular flexibility index (Phi) is 4.75. The number of para-hydroxylation sites is 1. The molecule has 0 fully saturated rings. The molecular weight excluding hydrogens is 300 g/mol. The molecule has 0 saturated heterocycles. The SMILES string of the molecule is CCc1cccc2c(C(=O)C(=O)NCCc3ccccc3)c[nH]c12. The van der Waals surface area contributed by atoms with Crippen molar-refractivity contribution < 1.29 is 9.59 Å². The van der Waals surface area contributed by atoms with Gasteiger partial charge < -0.3 is 10.3 Å². The van der Waals surface area contributed by atoms with E-state index in [-0.39, 0.29) is 0 Å². The van der Waals surface area contributed by atoms with Gasteiger partial charge in [0.2, 0.25) is 0 Å². The van der Waals surface area contributed by atoms with Gasteiger partial charge in [0.1, 0.15) is 0 Å². The quantitative estimate of drug-likeness (QED) is 0.541. The number of Topliss-reactive ketones (excluding diaryl/α,β-unsaturated/α-hetero) is 1. The number of amides is 1. The van der Waals surface area contributed by atoms with Crippen LogP contribution in [0.1, 0.15) is 28.4 Å². The van der Waals surface area contributed by atoms with Gasteiger partial charge in [0.25, 0.3) is 11.7 Å². The second kappa shape index (κ2) is 7.13. The number of nitrogens with one attached hydrogen (secondary N) is 2. The van der Waals surface area contributed by atoms with Crippen LogP contribution in [-0.2, 0) is 17.6 Å². The minimum Gasteiger partial charge on any atom is -0.360 e. The summed E-state index contributed by atoms with van der Waals surface area (Å²) in [4.78, 5) is 27.7. The summed E-state index contributed by atoms with van der Waals surface area (Å²) in [5, 5.41) is 3.51. The fourth-order valence-corrected chi connectivity index (χ4v) is 2.87. The highest BCUT2D eigenvalue weighted by Crippen LogP contribution is 2.22. The summed E-state index contributed by atoms with van der Waals surface area (Å²) in [5.74, 6) is -1.06. The maximum Gasteiger partial charge on any atom is 0.292 e. The van der Waals surface area contributed by atoms with Crippen LogP contribution < -0.4 is 5.32 Å². The van der Waals surface area contributed by atoms with Crippen LogP contribution in [0.4, 0.5) is 0 Å². The summed E-state index contributed by atoms with van der Waals surface area (Å²) in [6.45, 7) is 2.50. The van der Waals surface area contributed by atoms with E-state index in [1.54, 1.807) is 6.20 Å². The van der Waals surface area contributed by atoms with Crippen LogP contribution in [0.3, 0.4) is 0 Å². The lowest BCUT2D eigenvalue weighted by Crippen LogP contribution is -2.32. The number of aryl methyl sites for hydroxylation is 1. The molecule has 122 valence electrons. The van der Waals surface area contributed by atoms with Crippen molar-refractivity contribution >= 4 is 22.6 Å². The molecule has 0 saturated carbocycles. The summed E-state index contributed by atoms with van der Waals surface area (Å²) in [6, 6.07) is 15.7. The number of carbonyl (C=O) groups is 2. The first-order chi connectivity index (χ1) is 11.7. The molecule has 4 heteroatoms. The molecule has 0 atom stereocenters. The van der Waals surface area contributed by atoms with Crippen LogP contribution in [0.5, 0.6) is 0 Å². The molecular formula is C20H20N2O2. The molecule has 2 N–H and O–H groups in total. The van der Waals surface area contributed by atoms with E-state index >= 15 is 0 Å². The Labute approximate surface area is 140 Å². The Bertz CT molecular complexity index is 866. The van der Waals surface area contributed by atoms with Crippen LogP contribution in [0.25, 0.3) is 10.9 Å². The maximum absolute atomic E-state index is 12.4. The van der Waals surface area contributed by atoms with E-state index in [1.165, 1.54) is 0 Å². The summed E-state index contributed by atoms with van der Waals surface area (Å²) in [6.07, 6.45) is 3.20. The zero-order valence-electron chi connectivity index (χ0n) is 13.6. The average Bonchev–Trinajstić information content (AvgIpc) is 3.06. The Balaban J connectivity index is 1.69. The maximum atomic E-state index is 12.4. The van der Waals surface area contributed by atoms with Gasteiger partial charge in [0.15, 0.2) is 0 Å². The Morgan fingerprint density at radius 3 is 2.58 bits per heavy atom. The van der Waals surface area contributed by atoms with Crippen LogP contribution in [-0.4, -0.2) is 23.2 Å². The van der Waals surface area contributed by atoms with Gasteiger partial charge in [0, 0.05) is 23.6 Å². The first-order valence-electron chi connectivity index (χ1n) is 8.16. The Morgan fingerprint density at radius 1 is 1.04 bits per heavy atom. The number of aromatic amines is 1. The first kappa shape index (κ1) is 16.0. The van der Waals surface area contributed by atoms with Crippen molar-refractivity contribution in [1.29, 1.82) is 0 Å². The van der Waals surface area contributed by atoms with Crippen LogP contribution in [0.15, 0.2) is 54.7 Å². The molecule has 3 rings (SSSR count). The highest BCUT2D eigenvalue weighted by Gasteiger charge is 2.20. The number of aromatic nitrogens is 1. The highest BCUT2D eigenvalue weighted by molar-refractivity contribution is 6.45. The molecule has 1 aromatic heterocycles. The van der Waals surface area contributed by atoms with Crippen molar-refractivity contribution in [1.82, 2.24) is 10.3 Å². The van der Waals surface area contributed by atoms with E-state index in [0.717, 1.165) is 28.5 Å². The van der Waals surface area contributed by atoms with Gasteiger partial charge in [-0.1, -0.05) is 55.5 Å². The number of rotatable bonds is 6. The van der Waals surface area contributed by atoms with E-state index in [9.17, 15) is 9.59 Å². The average molecular weight is 320 g/mol. The minimum atomic E-state index is -0.561. The largest absolute Gasteiger partial charge is 0.360 e. The molecule has 24 heavy (non-hydrogen) atoms. The lowest BCUT2D eigenvalue weighted by Gasteiger charge is -2.05. The molecule has 0 unspecified atom stereocenters. The molecule has 1 amide bonds. The Hall–Kier alpha value is -2.88. The molecule has 4 nitrogen and oxygen atoms in total. The van der Waals surface area contributed by atoms with E-state index in [2.05, 4.69) is 17.2 Å². The van der Waals surface area contributed by atoms with Crippen LogP contribution in [0.2, 0.25) is 0 Å². The van der Waals surface area contributed by atoms with Crippen LogP contribution in [0, 0.1) is 0 Å². The van der Waals surface area contributed by atoms with Crippen molar-refractivity contribution in [2.75, 3.05) is 6.54 Å². The third kappa shape index (κ3) is 3.23. The number of hydrogen-bond acceptors (Lipinski definition) is 2. The Morgan fingerprint density at radius 2 is 1.83 bits per heavy atom. The lowest BCUT2D eigenvalue weighted by atomic mass is 10.0.